The third-order valence-electron chi connectivity index (χ3n) is 5.40. The van der Waals surface area contributed by atoms with Gasteiger partial charge in [0.2, 0.25) is 16.0 Å². The lowest BCUT2D eigenvalue weighted by atomic mass is 10.2. The average Bonchev–Trinajstić information content (AvgIpc) is 2.79. The fourth-order valence-electron chi connectivity index (χ4n) is 3.70. The number of piperazine rings is 1. The third-order valence-corrected chi connectivity index (χ3v) is 7.34. The lowest BCUT2D eigenvalue weighted by Crippen LogP contribution is -2.49. The van der Waals surface area contributed by atoms with Gasteiger partial charge in [-0.1, -0.05) is 29.8 Å². The van der Waals surface area contributed by atoms with E-state index in [9.17, 15) is 21.6 Å². The van der Waals surface area contributed by atoms with Crippen LogP contribution >= 0.6 is 0 Å². The molecule has 0 amide bonds. The minimum absolute atomic E-state index is 0.0759. The maximum atomic E-state index is 13.1. The highest BCUT2D eigenvalue weighted by molar-refractivity contribution is 7.89. The van der Waals surface area contributed by atoms with Crippen molar-refractivity contribution in [3.05, 3.63) is 65.9 Å². The normalized spacial score (nSPS) is 15.2. The summed E-state index contributed by atoms with van der Waals surface area (Å²) in [6.07, 6.45) is -5.00. The van der Waals surface area contributed by atoms with E-state index in [2.05, 4.69) is 20.0 Å². The summed E-state index contributed by atoms with van der Waals surface area (Å²) in [5.74, 6) is 0.294. The Labute approximate surface area is 201 Å². The van der Waals surface area contributed by atoms with E-state index in [0.29, 0.717) is 24.9 Å². The van der Waals surface area contributed by atoms with Gasteiger partial charge in [0, 0.05) is 43.6 Å². The van der Waals surface area contributed by atoms with Crippen LogP contribution in [0.15, 0.2) is 59.5 Å². The molecule has 8 nitrogen and oxygen atoms in total. The molecule has 35 heavy (non-hydrogen) atoms. The largest absolute Gasteiger partial charge is 0.573 e. The molecule has 0 saturated carbocycles. The first-order valence-electron chi connectivity index (χ1n) is 10.8. The lowest BCUT2D eigenvalue weighted by molar-refractivity contribution is -0.275. The Morgan fingerprint density at radius 2 is 1.60 bits per heavy atom. The van der Waals surface area contributed by atoms with Gasteiger partial charge in [-0.3, -0.25) is 0 Å². The highest BCUT2D eigenvalue weighted by Gasteiger charge is 2.36. The molecule has 0 radical (unpaired) electrons. The smallest absolute Gasteiger partial charge is 0.404 e. The van der Waals surface area contributed by atoms with Crippen LogP contribution in [-0.4, -0.2) is 55.2 Å². The van der Waals surface area contributed by atoms with Crippen LogP contribution in [0.3, 0.4) is 0 Å². The average molecular weight is 508 g/mol. The molecule has 2 heterocycles. The number of para-hydroxylation sites is 1. The van der Waals surface area contributed by atoms with Crippen molar-refractivity contribution in [2.24, 2.45) is 0 Å². The highest BCUT2D eigenvalue weighted by atomic mass is 32.2. The Balaban J connectivity index is 1.48. The van der Waals surface area contributed by atoms with Gasteiger partial charge in [-0.2, -0.15) is 9.29 Å². The van der Waals surface area contributed by atoms with Crippen LogP contribution in [0.25, 0.3) is 0 Å². The van der Waals surface area contributed by atoms with Gasteiger partial charge in [0.05, 0.1) is 0 Å². The van der Waals surface area contributed by atoms with Crippen LogP contribution in [0.1, 0.15) is 11.3 Å². The molecular formula is C23H24F3N5O3S. The number of benzene rings is 2. The first kappa shape index (κ1) is 24.7. The summed E-state index contributed by atoms with van der Waals surface area (Å²) in [5.41, 5.74) is 2.70. The van der Waals surface area contributed by atoms with Crippen LogP contribution in [0.4, 0.5) is 30.6 Å². The molecule has 0 unspecified atom stereocenters. The summed E-state index contributed by atoms with van der Waals surface area (Å²) in [7, 11) is -4.19. The van der Waals surface area contributed by atoms with Crippen LogP contribution in [0.2, 0.25) is 0 Å². The Kier molecular flexibility index (Phi) is 6.86. The van der Waals surface area contributed by atoms with Crippen molar-refractivity contribution >= 4 is 27.5 Å². The number of halogens is 3. The predicted octanol–water partition coefficient (Wildman–Crippen LogP) is 4.25. The molecule has 12 heteroatoms. The molecule has 3 aromatic rings. The number of nitrogens with zero attached hydrogens (tertiary/aromatic N) is 4. The number of anilines is 3. The third kappa shape index (κ3) is 6.01. The number of hydrogen-bond donors (Lipinski definition) is 1. The second-order valence-electron chi connectivity index (χ2n) is 8.07. The van der Waals surface area contributed by atoms with E-state index in [1.807, 2.05) is 43.0 Å². The van der Waals surface area contributed by atoms with Gasteiger partial charge < -0.3 is 15.0 Å². The van der Waals surface area contributed by atoms with Gasteiger partial charge in [-0.15, -0.1) is 13.2 Å². The molecule has 1 aliphatic heterocycles. The number of ether oxygens (including phenoxy) is 1. The number of sulfonamides is 1. The van der Waals surface area contributed by atoms with Gasteiger partial charge in [-0.25, -0.2) is 13.4 Å². The molecule has 4 rings (SSSR count). The number of hydrogen-bond acceptors (Lipinski definition) is 7. The Morgan fingerprint density at radius 3 is 2.26 bits per heavy atom. The molecular weight excluding hydrogens is 483 g/mol. The van der Waals surface area contributed by atoms with Gasteiger partial charge >= 0.3 is 6.36 Å². The molecule has 0 spiro atoms. The standard InChI is InChI=1S/C23H24F3N5O3S/c1-16-7-9-18(10-8-16)28-22-27-17(2)15-21(29-22)30-11-13-31(14-12-30)35(32,33)20-6-4-3-5-19(20)34-23(24,25)26/h3-10,15H,11-14H2,1-2H3,(H,27,28,29). The first-order chi connectivity index (χ1) is 16.5. The summed E-state index contributed by atoms with van der Waals surface area (Å²) in [4.78, 5) is 10.4. The van der Waals surface area contributed by atoms with E-state index >= 15 is 0 Å². The summed E-state index contributed by atoms with van der Waals surface area (Å²) >= 11 is 0. The van der Waals surface area contributed by atoms with Crippen molar-refractivity contribution in [2.45, 2.75) is 25.1 Å². The fourth-order valence-corrected chi connectivity index (χ4v) is 5.24. The number of rotatable bonds is 6. The van der Waals surface area contributed by atoms with Crippen molar-refractivity contribution in [2.75, 3.05) is 36.4 Å². The molecule has 2 aromatic carbocycles. The quantitative estimate of drug-likeness (QED) is 0.534. The zero-order valence-electron chi connectivity index (χ0n) is 19.1. The Morgan fingerprint density at radius 1 is 0.943 bits per heavy atom. The number of alkyl halides is 3. The van der Waals surface area contributed by atoms with Gasteiger partial charge in [-0.05, 0) is 38.1 Å². The minimum Gasteiger partial charge on any atom is -0.404 e. The van der Waals surface area contributed by atoms with E-state index in [0.717, 1.165) is 33.4 Å². The van der Waals surface area contributed by atoms with Crippen molar-refractivity contribution in [1.29, 1.82) is 0 Å². The van der Waals surface area contributed by atoms with Crippen LogP contribution in [0, 0.1) is 13.8 Å². The topological polar surface area (TPSA) is 87.7 Å². The molecule has 0 atom stereocenters. The maximum absolute atomic E-state index is 13.1. The molecule has 1 saturated heterocycles. The fraction of sp³-hybridized carbons (Fsp3) is 0.304. The van der Waals surface area contributed by atoms with Crippen LogP contribution < -0.4 is 15.0 Å². The highest BCUT2D eigenvalue weighted by Crippen LogP contribution is 2.32. The van der Waals surface area contributed by atoms with Crippen molar-refractivity contribution in [1.82, 2.24) is 14.3 Å². The molecule has 0 bridgehead atoms. The zero-order chi connectivity index (χ0) is 25.2. The number of nitrogens with one attached hydrogen (secondary N) is 1. The molecule has 0 aliphatic carbocycles. The molecule has 1 aromatic heterocycles. The Hall–Kier alpha value is -3.38. The number of aryl methyl sites for hydroxylation is 2. The maximum Gasteiger partial charge on any atom is 0.573 e. The van der Waals surface area contributed by atoms with E-state index in [-0.39, 0.29) is 13.1 Å². The Bertz CT molecular complexity index is 1290. The zero-order valence-corrected chi connectivity index (χ0v) is 19.9. The molecule has 186 valence electrons. The van der Waals surface area contributed by atoms with E-state index in [4.69, 9.17) is 0 Å². The summed E-state index contributed by atoms with van der Waals surface area (Å²) in [6, 6.07) is 14.3. The van der Waals surface area contributed by atoms with E-state index in [1.54, 1.807) is 6.07 Å². The van der Waals surface area contributed by atoms with E-state index in [1.165, 1.54) is 12.1 Å². The SMILES string of the molecule is Cc1ccc(Nc2nc(C)cc(N3CCN(S(=O)(=O)c4ccccc4OC(F)(F)F)CC3)n2)cc1. The molecule has 1 aliphatic rings. The second-order valence-corrected chi connectivity index (χ2v) is 9.97. The summed E-state index contributed by atoms with van der Waals surface area (Å²) < 4.78 is 69.6. The van der Waals surface area contributed by atoms with E-state index < -0.39 is 27.0 Å². The molecule has 1 N–H and O–H groups in total. The van der Waals surface area contributed by atoms with Crippen molar-refractivity contribution in [3.63, 3.8) is 0 Å². The van der Waals surface area contributed by atoms with Gasteiger partial charge in [0.25, 0.3) is 0 Å². The lowest BCUT2D eigenvalue weighted by Gasteiger charge is -2.35. The van der Waals surface area contributed by atoms with Crippen LogP contribution in [0.5, 0.6) is 5.75 Å². The monoisotopic (exact) mass is 507 g/mol. The second kappa shape index (κ2) is 9.70. The molecule has 1 fully saturated rings. The van der Waals surface area contributed by atoms with Gasteiger partial charge in [0.1, 0.15) is 16.5 Å². The van der Waals surface area contributed by atoms with Crippen LogP contribution in [-0.2, 0) is 10.0 Å². The minimum atomic E-state index is -5.00. The summed E-state index contributed by atoms with van der Waals surface area (Å²) in [5, 5.41) is 3.17. The van der Waals surface area contributed by atoms with Crippen molar-refractivity contribution < 1.29 is 26.3 Å². The predicted molar refractivity (Wildman–Crippen MR) is 125 cm³/mol. The summed E-state index contributed by atoms with van der Waals surface area (Å²) in [6.45, 7) is 4.60. The number of aromatic nitrogens is 2. The first-order valence-corrected chi connectivity index (χ1v) is 12.2. The van der Waals surface area contributed by atoms with Crippen molar-refractivity contribution in [3.8, 4) is 5.75 Å². The van der Waals surface area contributed by atoms with Gasteiger partial charge in [0.15, 0.2) is 0 Å².